The van der Waals surface area contributed by atoms with Crippen molar-refractivity contribution in [2.75, 3.05) is 6.54 Å². The van der Waals surface area contributed by atoms with Gasteiger partial charge in [0, 0.05) is 17.1 Å². The zero-order valence-corrected chi connectivity index (χ0v) is 10.6. The zero-order chi connectivity index (χ0) is 11.4. The van der Waals surface area contributed by atoms with Crippen molar-refractivity contribution in [1.29, 1.82) is 0 Å². The smallest absolute Gasteiger partial charge is 0.315 e. The van der Waals surface area contributed by atoms with Gasteiger partial charge >= 0.3 is 6.03 Å². The highest BCUT2D eigenvalue weighted by molar-refractivity contribution is 9.10. The molecule has 2 amide bonds. The van der Waals surface area contributed by atoms with E-state index < -0.39 is 0 Å². The molecule has 0 bridgehead atoms. The summed E-state index contributed by atoms with van der Waals surface area (Å²) in [7, 11) is 0. The third-order valence-corrected chi connectivity index (χ3v) is 3.32. The Morgan fingerprint density at radius 2 is 2.12 bits per heavy atom. The minimum Gasteiger partial charge on any atom is -0.338 e. The lowest BCUT2D eigenvalue weighted by Crippen LogP contribution is -2.37. The van der Waals surface area contributed by atoms with E-state index in [9.17, 15) is 4.79 Å². The van der Waals surface area contributed by atoms with Crippen LogP contribution in [0.2, 0.25) is 0 Å². The summed E-state index contributed by atoms with van der Waals surface area (Å²) in [5.74, 6) is 0. The van der Waals surface area contributed by atoms with Crippen molar-refractivity contribution in [3.8, 4) is 0 Å². The van der Waals surface area contributed by atoms with Gasteiger partial charge in [0.15, 0.2) is 0 Å². The van der Waals surface area contributed by atoms with Gasteiger partial charge in [0.05, 0.1) is 0 Å². The molecule has 1 aromatic rings. The van der Waals surface area contributed by atoms with Crippen LogP contribution in [0.5, 0.6) is 0 Å². The van der Waals surface area contributed by atoms with Crippen LogP contribution in [0.25, 0.3) is 0 Å². The largest absolute Gasteiger partial charge is 0.338 e. The fourth-order valence-electron chi connectivity index (χ4n) is 1.48. The van der Waals surface area contributed by atoms with E-state index in [2.05, 4.69) is 32.6 Å². The molecular formula is C12H15BrN2O. The number of rotatable bonds is 4. The summed E-state index contributed by atoms with van der Waals surface area (Å²) in [6, 6.07) is 8.44. The van der Waals surface area contributed by atoms with Gasteiger partial charge in [-0.15, -0.1) is 0 Å². The lowest BCUT2D eigenvalue weighted by molar-refractivity contribution is 0.240. The van der Waals surface area contributed by atoms with Crippen LogP contribution in [0.4, 0.5) is 4.79 Å². The van der Waals surface area contributed by atoms with Crippen molar-refractivity contribution in [1.82, 2.24) is 10.6 Å². The summed E-state index contributed by atoms with van der Waals surface area (Å²) in [4.78, 5) is 11.3. The Labute approximate surface area is 104 Å². The van der Waals surface area contributed by atoms with Crippen LogP contribution >= 0.6 is 15.9 Å². The van der Waals surface area contributed by atoms with Crippen LogP contribution in [-0.2, 0) is 6.42 Å². The number of urea groups is 1. The molecular weight excluding hydrogens is 268 g/mol. The molecule has 1 aromatic carbocycles. The maximum absolute atomic E-state index is 11.3. The Morgan fingerprint density at radius 3 is 2.81 bits per heavy atom. The minimum atomic E-state index is -0.0467. The molecule has 2 rings (SSSR count). The molecule has 1 aliphatic rings. The maximum Gasteiger partial charge on any atom is 0.315 e. The fourth-order valence-corrected chi connectivity index (χ4v) is 1.96. The second-order valence-corrected chi connectivity index (χ2v) is 4.87. The summed E-state index contributed by atoms with van der Waals surface area (Å²) in [6.07, 6.45) is 3.09. The van der Waals surface area contributed by atoms with E-state index in [-0.39, 0.29) is 6.03 Å². The lowest BCUT2D eigenvalue weighted by Gasteiger charge is -2.07. The van der Waals surface area contributed by atoms with Crippen molar-refractivity contribution in [2.24, 2.45) is 0 Å². The average molecular weight is 283 g/mol. The van der Waals surface area contributed by atoms with E-state index in [1.807, 2.05) is 18.2 Å². The first-order chi connectivity index (χ1) is 7.75. The van der Waals surface area contributed by atoms with Gasteiger partial charge in [-0.3, -0.25) is 0 Å². The Morgan fingerprint density at radius 1 is 1.38 bits per heavy atom. The van der Waals surface area contributed by atoms with Crippen LogP contribution in [0, 0.1) is 0 Å². The van der Waals surface area contributed by atoms with Gasteiger partial charge in [-0.1, -0.05) is 34.1 Å². The number of carbonyl (C=O) groups excluding carboxylic acids is 1. The molecule has 86 valence electrons. The molecule has 0 heterocycles. The molecule has 0 atom stereocenters. The minimum absolute atomic E-state index is 0.0467. The highest BCUT2D eigenvalue weighted by atomic mass is 79.9. The fraction of sp³-hybridized carbons (Fsp3) is 0.417. The summed E-state index contributed by atoms with van der Waals surface area (Å²) >= 11 is 3.49. The monoisotopic (exact) mass is 282 g/mol. The van der Waals surface area contributed by atoms with Gasteiger partial charge in [-0.25, -0.2) is 4.79 Å². The standard InChI is InChI=1S/C12H15BrN2O/c13-11-4-2-1-3-9(11)7-8-14-12(16)15-10-5-6-10/h1-4,10H,5-8H2,(H2,14,15,16). The molecule has 0 unspecified atom stereocenters. The van der Waals surface area contributed by atoms with Crippen molar-refractivity contribution in [3.05, 3.63) is 34.3 Å². The first kappa shape index (κ1) is 11.5. The molecule has 0 radical (unpaired) electrons. The highest BCUT2D eigenvalue weighted by Crippen LogP contribution is 2.18. The second-order valence-electron chi connectivity index (χ2n) is 4.02. The van der Waals surface area contributed by atoms with Crippen LogP contribution in [0.15, 0.2) is 28.7 Å². The van der Waals surface area contributed by atoms with E-state index in [4.69, 9.17) is 0 Å². The van der Waals surface area contributed by atoms with Crippen LogP contribution < -0.4 is 10.6 Å². The van der Waals surface area contributed by atoms with Crippen LogP contribution in [0.1, 0.15) is 18.4 Å². The summed E-state index contributed by atoms with van der Waals surface area (Å²) in [6.45, 7) is 0.668. The first-order valence-electron chi connectivity index (χ1n) is 5.53. The quantitative estimate of drug-likeness (QED) is 0.875. The Hall–Kier alpha value is -1.03. The molecule has 2 N–H and O–H groups in total. The van der Waals surface area contributed by atoms with E-state index in [0.717, 1.165) is 23.7 Å². The topological polar surface area (TPSA) is 41.1 Å². The normalized spacial score (nSPS) is 14.6. The van der Waals surface area contributed by atoms with E-state index >= 15 is 0 Å². The number of carbonyl (C=O) groups is 1. The van der Waals surface area contributed by atoms with Gasteiger partial charge in [0.25, 0.3) is 0 Å². The third-order valence-electron chi connectivity index (χ3n) is 2.55. The molecule has 0 aromatic heterocycles. The molecule has 16 heavy (non-hydrogen) atoms. The van der Waals surface area contributed by atoms with Gasteiger partial charge < -0.3 is 10.6 Å². The van der Waals surface area contributed by atoms with Crippen molar-refractivity contribution in [3.63, 3.8) is 0 Å². The Bertz CT molecular complexity index is 377. The third kappa shape index (κ3) is 3.52. The SMILES string of the molecule is O=C(NCCc1ccccc1Br)NC1CC1. The van der Waals surface area contributed by atoms with E-state index in [1.165, 1.54) is 5.56 Å². The van der Waals surface area contributed by atoms with Crippen molar-refractivity contribution < 1.29 is 4.79 Å². The Balaban J connectivity index is 1.70. The van der Waals surface area contributed by atoms with Gasteiger partial charge in [0.1, 0.15) is 0 Å². The number of halogens is 1. The molecule has 0 spiro atoms. The second kappa shape index (κ2) is 5.34. The van der Waals surface area contributed by atoms with Gasteiger partial charge in [-0.05, 0) is 30.9 Å². The number of hydrogen-bond donors (Lipinski definition) is 2. The highest BCUT2D eigenvalue weighted by Gasteiger charge is 2.22. The molecule has 4 heteroatoms. The van der Waals surface area contributed by atoms with Crippen molar-refractivity contribution in [2.45, 2.75) is 25.3 Å². The molecule has 0 aliphatic heterocycles. The summed E-state index contributed by atoms with van der Waals surface area (Å²) in [5.41, 5.74) is 1.22. The number of amides is 2. The molecule has 1 fully saturated rings. The first-order valence-corrected chi connectivity index (χ1v) is 6.33. The summed E-state index contributed by atoms with van der Waals surface area (Å²) < 4.78 is 1.10. The molecule has 3 nitrogen and oxygen atoms in total. The predicted octanol–water partition coefficient (Wildman–Crippen LogP) is 2.45. The predicted molar refractivity (Wildman–Crippen MR) is 67.4 cm³/mol. The summed E-state index contributed by atoms with van der Waals surface area (Å²) in [5, 5.41) is 5.75. The van der Waals surface area contributed by atoms with Crippen LogP contribution in [-0.4, -0.2) is 18.6 Å². The maximum atomic E-state index is 11.3. The number of nitrogens with one attached hydrogen (secondary N) is 2. The average Bonchev–Trinajstić information content (AvgIpc) is 3.05. The van der Waals surface area contributed by atoms with E-state index in [0.29, 0.717) is 12.6 Å². The van der Waals surface area contributed by atoms with E-state index in [1.54, 1.807) is 0 Å². The van der Waals surface area contributed by atoms with Crippen LogP contribution in [0.3, 0.4) is 0 Å². The zero-order valence-electron chi connectivity index (χ0n) is 9.00. The van der Waals surface area contributed by atoms with Crippen molar-refractivity contribution >= 4 is 22.0 Å². The molecule has 1 aliphatic carbocycles. The molecule has 0 saturated heterocycles. The Kier molecular flexibility index (Phi) is 3.83. The van der Waals surface area contributed by atoms with Gasteiger partial charge in [-0.2, -0.15) is 0 Å². The molecule has 1 saturated carbocycles. The van der Waals surface area contributed by atoms with Gasteiger partial charge in [0.2, 0.25) is 0 Å². The lowest BCUT2D eigenvalue weighted by atomic mass is 10.1. The number of benzene rings is 1. The number of hydrogen-bond acceptors (Lipinski definition) is 1.